The first-order valence-corrected chi connectivity index (χ1v) is 7.37. The molecule has 0 bridgehead atoms. The fraction of sp³-hybridized carbons (Fsp3) is 0.333. The van der Waals surface area contributed by atoms with Gasteiger partial charge in [-0.3, -0.25) is 9.78 Å². The molecular weight excluding hydrogens is 272 g/mol. The van der Waals surface area contributed by atoms with Gasteiger partial charge >= 0.3 is 0 Å². The molecule has 0 aliphatic rings. The third-order valence-electron chi connectivity index (χ3n) is 2.97. The van der Waals surface area contributed by atoms with E-state index in [1.54, 1.807) is 23.6 Å². The highest BCUT2D eigenvalue weighted by Crippen LogP contribution is 2.18. The summed E-state index contributed by atoms with van der Waals surface area (Å²) >= 11 is 1.66. The van der Waals surface area contributed by atoms with Gasteiger partial charge in [0.25, 0.3) is 5.91 Å². The standard InChI is InChI=1S/C15H18N2O2S/c1-10-7-13(14(19-3)8-16-10)15(18)17-11(2)6-12-4-5-20-9-12/h4-5,7-9,11H,6H2,1-3H3,(H,17,18). The van der Waals surface area contributed by atoms with Gasteiger partial charge in [-0.25, -0.2) is 0 Å². The lowest BCUT2D eigenvalue weighted by atomic mass is 10.1. The number of amides is 1. The first kappa shape index (κ1) is 14.5. The Morgan fingerprint density at radius 3 is 3.00 bits per heavy atom. The van der Waals surface area contributed by atoms with Crippen molar-refractivity contribution in [2.24, 2.45) is 0 Å². The molecule has 0 aromatic carbocycles. The molecule has 1 unspecified atom stereocenters. The Balaban J connectivity index is 2.06. The Bertz CT molecular complexity index is 582. The number of nitrogens with one attached hydrogen (secondary N) is 1. The molecule has 0 saturated carbocycles. The number of pyridine rings is 1. The molecule has 2 aromatic heterocycles. The quantitative estimate of drug-likeness (QED) is 0.921. The van der Waals surface area contributed by atoms with Crippen LogP contribution in [0.25, 0.3) is 0 Å². The number of hydrogen-bond acceptors (Lipinski definition) is 4. The smallest absolute Gasteiger partial charge is 0.255 e. The monoisotopic (exact) mass is 290 g/mol. The number of methoxy groups -OCH3 is 1. The van der Waals surface area contributed by atoms with Gasteiger partial charge in [-0.1, -0.05) is 0 Å². The van der Waals surface area contributed by atoms with Gasteiger partial charge < -0.3 is 10.1 Å². The maximum absolute atomic E-state index is 12.3. The summed E-state index contributed by atoms with van der Waals surface area (Å²) in [5.74, 6) is 0.367. The molecule has 0 aliphatic carbocycles. The number of hydrogen-bond donors (Lipinski definition) is 1. The van der Waals surface area contributed by atoms with Gasteiger partial charge in [0.15, 0.2) is 0 Å². The first-order valence-electron chi connectivity index (χ1n) is 6.42. The molecule has 0 saturated heterocycles. The molecule has 4 nitrogen and oxygen atoms in total. The van der Waals surface area contributed by atoms with Crippen LogP contribution in [0.1, 0.15) is 28.5 Å². The van der Waals surface area contributed by atoms with Crippen LogP contribution in [0.4, 0.5) is 0 Å². The summed E-state index contributed by atoms with van der Waals surface area (Å²) < 4.78 is 5.19. The molecule has 1 N–H and O–H groups in total. The predicted octanol–water partition coefficient (Wildman–Crippen LogP) is 2.82. The summed E-state index contributed by atoms with van der Waals surface area (Å²) in [5.41, 5.74) is 2.55. The van der Waals surface area contributed by atoms with E-state index in [9.17, 15) is 4.79 Å². The van der Waals surface area contributed by atoms with Crippen LogP contribution in [-0.4, -0.2) is 24.0 Å². The Hall–Kier alpha value is -1.88. The SMILES string of the molecule is COc1cnc(C)cc1C(=O)NC(C)Cc1ccsc1. The number of carbonyl (C=O) groups excluding carboxylic acids is 1. The topological polar surface area (TPSA) is 51.2 Å². The minimum absolute atomic E-state index is 0.0651. The van der Waals surface area contributed by atoms with Gasteiger partial charge in [-0.15, -0.1) is 0 Å². The van der Waals surface area contributed by atoms with E-state index in [2.05, 4.69) is 21.7 Å². The van der Waals surface area contributed by atoms with E-state index in [0.717, 1.165) is 12.1 Å². The maximum Gasteiger partial charge on any atom is 0.255 e. The molecule has 0 spiro atoms. The van der Waals surface area contributed by atoms with E-state index >= 15 is 0 Å². The van der Waals surface area contributed by atoms with Crippen LogP contribution in [0, 0.1) is 6.92 Å². The lowest BCUT2D eigenvalue weighted by molar-refractivity contribution is 0.0937. The van der Waals surface area contributed by atoms with E-state index in [4.69, 9.17) is 4.74 Å². The van der Waals surface area contributed by atoms with Crippen LogP contribution < -0.4 is 10.1 Å². The lowest BCUT2D eigenvalue weighted by Crippen LogP contribution is -2.34. The van der Waals surface area contributed by atoms with Crippen molar-refractivity contribution in [2.75, 3.05) is 7.11 Å². The van der Waals surface area contributed by atoms with Crippen molar-refractivity contribution < 1.29 is 9.53 Å². The average Bonchev–Trinajstić information content (AvgIpc) is 2.91. The highest BCUT2D eigenvalue weighted by Gasteiger charge is 2.15. The van der Waals surface area contributed by atoms with Gasteiger partial charge in [0.2, 0.25) is 0 Å². The highest BCUT2D eigenvalue weighted by molar-refractivity contribution is 7.07. The van der Waals surface area contributed by atoms with Crippen LogP contribution in [0.15, 0.2) is 29.1 Å². The van der Waals surface area contributed by atoms with Gasteiger partial charge in [0.1, 0.15) is 5.75 Å². The molecule has 106 valence electrons. The first-order chi connectivity index (χ1) is 9.60. The number of aromatic nitrogens is 1. The van der Waals surface area contributed by atoms with Crippen molar-refractivity contribution in [2.45, 2.75) is 26.3 Å². The van der Waals surface area contributed by atoms with Crippen LogP contribution in [-0.2, 0) is 6.42 Å². The van der Waals surface area contributed by atoms with Crippen LogP contribution in [0.5, 0.6) is 5.75 Å². The molecule has 2 rings (SSSR count). The summed E-state index contributed by atoms with van der Waals surface area (Å²) in [6, 6.07) is 3.88. The molecule has 1 atom stereocenters. The number of rotatable bonds is 5. The van der Waals surface area contributed by atoms with E-state index in [1.165, 1.54) is 12.7 Å². The summed E-state index contributed by atoms with van der Waals surface area (Å²) in [4.78, 5) is 16.4. The molecule has 0 fully saturated rings. The zero-order valence-corrected chi connectivity index (χ0v) is 12.7. The van der Waals surface area contributed by atoms with Crippen LogP contribution in [0.2, 0.25) is 0 Å². The molecular formula is C15H18N2O2S. The number of carbonyl (C=O) groups is 1. The Morgan fingerprint density at radius 2 is 2.35 bits per heavy atom. The van der Waals surface area contributed by atoms with Crippen molar-refractivity contribution in [1.29, 1.82) is 0 Å². The van der Waals surface area contributed by atoms with Crippen LogP contribution in [0.3, 0.4) is 0 Å². The molecule has 0 radical (unpaired) electrons. The zero-order chi connectivity index (χ0) is 14.5. The minimum atomic E-state index is -0.130. The Kier molecular flexibility index (Phi) is 4.74. The minimum Gasteiger partial charge on any atom is -0.494 e. The second kappa shape index (κ2) is 6.52. The van der Waals surface area contributed by atoms with Gasteiger partial charge in [-0.05, 0) is 48.7 Å². The lowest BCUT2D eigenvalue weighted by Gasteiger charge is -2.15. The third-order valence-corrected chi connectivity index (χ3v) is 3.70. The normalized spacial score (nSPS) is 11.9. The Labute approximate surface area is 122 Å². The number of nitrogens with zero attached hydrogens (tertiary/aromatic N) is 1. The van der Waals surface area contributed by atoms with Crippen molar-refractivity contribution in [3.05, 3.63) is 45.9 Å². The van der Waals surface area contributed by atoms with Gasteiger partial charge in [0.05, 0.1) is 18.9 Å². The molecule has 5 heteroatoms. The number of aryl methyl sites for hydroxylation is 1. The fourth-order valence-corrected chi connectivity index (χ4v) is 2.68. The summed E-state index contributed by atoms with van der Waals surface area (Å²) in [7, 11) is 1.54. The van der Waals surface area contributed by atoms with E-state index in [0.29, 0.717) is 11.3 Å². The molecule has 2 heterocycles. The largest absolute Gasteiger partial charge is 0.494 e. The van der Waals surface area contributed by atoms with Crippen molar-refractivity contribution in [3.8, 4) is 5.75 Å². The van der Waals surface area contributed by atoms with Crippen LogP contribution >= 0.6 is 11.3 Å². The molecule has 1 amide bonds. The number of thiophene rings is 1. The summed E-state index contributed by atoms with van der Waals surface area (Å²) in [6.45, 7) is 3.85. The molecule has 20 heavy (non-hydrogen) atoms. The second-order valence-electron chi connectivity index (χ2n) is 4.74. The molecule has 2 aromatic rings. The third kappa shape index (κ3) is 3.57. The Morgan fingerprint density at radius 1 is 1.55 bits per heavy atom. The van der Waals surface area contributed by atoms with Crippen molar-refractivity contribution in [3.63, 3.8) is 0 Å². The van der Waals surface area contributed by atoms with E-state index in [1.807, 2.05) is 19.2 Å². The van der Waals surface area contributed by atoms with E-state index < -0.39 is 0 Å². The maximum atomic E-state index is 12.3. The van der Waals surface area contributed by atoms with Gasteiger partial charge in [0, 0.05) is 11.7 Å². The summed E-state index contributed by atoms with van der Waals surface area (Å²) in [5, 5.41) is 7.13. The highest BCUT2D eigenvalue weighted by atomic mass is 32.1. The predicted molar refractivity (Wildman–Crippen MR) is 80.5 cm³/mol. The van der Waals surface area contributed by atoms with Crippen molar-refractivity contribution >= 4 is 17.2 Å². The number of ether oxygens (including phenoxy) is 1. The average molecular weight is 290 g/mol. The zero-order valence-electron chi connectivity index (χ0n) is 11.8. The van der Waals surface area contributed by atoms with Crippen molar-refractivity contribution in [1.82, 2.24) is 10.3 Å². The van der Waals surface area contributed by atoms with E-state index in [-0.39, 0.29) is 11.9 Å². The molecule has 0 aliphatic heterocycles. The fourth-order valence-electron chi connectivity index (χ4n) is 2.00. The summed E-state index contributed by atoms with van der Waals surface area (Å²) in [6.07, 6.45) is 2.40. The second-order valence-corrected chi connectivity index (χ2v) is 5.52. The van der Waals surface area contributed by atoms with Gasteiger partial charge in [-0.2, -0.15) is 11.3 Å².